The maximum atomic E-state index is 11.8. The maximum absolute atomic E-state index is 11.8. The lowest BCUT2D eigenvalue weighted by Crippen LogP contribution is -2.36. The summed E-state index contributed by atoms with van der Waals surface area (Å²) in [6, 6.07) is 7.63. The molecule has 1 amide bonds. The van der Waals surface area contributed by atoms with Gasteiger partial charge in [0, 0.05) is 5.69 Å². The zero-order valence-electron chi connectivity index (χ0n) is 11.3. The Bertz CT molecular complexity index is 429. The molecule has 0 bridgehead atoms. The third-order valence-electron chi connectivity index (χ3n) is 2.82. The van der Waals surface area contributed by atoms with Crippen LogP contribution in [-0.4, -0.2) is 41.5 Å². The molecule has 0 aromatic heterocycles. The Morgan fingerprint density at radius 3 is 2.26 bits per heavy atom. The average Bonchev–Trinajstić information content (AvgIpc) is 2.38. The highest BCUT2D eigenvalue weighted by molar-refractivity contribution is 5.92. The van der Waals surface area contributed by atoms with Crippen molar-refractivity contribution in [3.05, 3.63) is 29.8 Å². The van der Waals surface area contributed by atoms with Crippen molar-refractivity contribution < 1.29 is 14.7 Å². The Morgan fingerprint density at radius 2 is 1.79 bits per heavy atom. The van der Waals surface area contributed by atoms with Crippen LogP contribution in [-0.2, 0) is 16.0 Å². The normalized spacial score (nSPS) is 10.5. The summed E-state index contributed by atoms with van der Waals surface area (Å²) in [6.07, 6.45) is 0.955. The molecule has 1 aromatic carbocycles. The van der Waals surface area contributed by atoms with Crippen molar-refractivity contribution in [1.82, 2.24) is 4.90 Å². The molecule has 0 aliphatic carbocycles. The average molecular weight is 264 g/mol. The van der Waals surface area contributed by atoms with E-state index in [0.717, 1.165) is 12.1 Å². The molecule has 0 spiro atoms. The van der Waals surface area contributed by atoms with Crippen molar-refractivity contribution in [2.45, 2.75) is 20.3 Å². The van der Waals surface area contributed by atoms with E-state index in [4.69, 9.17) is 5.11 Å². The molecule has 1 aromatic rings. The number of carbonyl (C=O) groups is 2. The van der Waals surface area contributed by atoms with Crippen LogP contribution in [0.2, 0.25) is 0 Å². The van der Waals surface area contributed by atoms with Crippen LogP contribution in [0.25, 0.3) is 0 Å². The van der Waals surface area contributed by atoms with E-state index in [1.807, 2.05) is 31.2 Å². The molecule has 0 saturated carbocycles. The van der Waals surface area contributed by atoms with E-state index in [-0.39, 0.29) is 19.0 Å². The molecule has 19 heavy (non-hydrogen) atoms. The van der Waals surface area contributed by atoms with Gasteiger partial charge in [0.05, 0.1) is 13.1 Å². The molecule has 1 rings (SSSR count). The van der Waals surface area contributed by atoms with Gasteiger partial charge in [0.15, 0.2) is 0 Å². The van der Waals surface area contributed by atoms with Gasteiger partial charge < -0.3 is 10.4 Å². The van der Waals surface area contributed by atoms with E-state index in [1.165, 1.54) is 5.56 Å². The molecule has 0 radical (unpaired) electrons. The standard InChI is InChI=1S/C14H20N2O3/c1-3-11-5-7-12(8-6-11)15-13(17)9-16(4-2)10-14(18)19/h5-8H,3-4,9-10H2,1-2H3,(H,15,17)(H,18,19). The van der Waals surface area contributed by atoms with Crippen molar-refractivity contribution in [1.29, 1.82) is 0 Å². The Hall–Kier alpha value is -1.88. The molecule has 104 valence electrons. The Labute approximate surface area is 113 Å². The van der Waals surface area contributed by atoms with E-state index < -0.39 is 5.97 Å². The van der Waals surface area contributed by atoms with Gasteiger partial charge in [0.25, 0.3) is 0 Å². The molecule has 0 saturated heterocycles. The molecule has 0 aliphatic heterocycles. The molecule has 2 N–H and O–H groups in total. The van der Waals surface area contributed by atoms with Crippen LogP contribution < -0.4 is 5.32 Å². The zero-order valence-corrected chi connectivity index (χ0v) is 11.3. The lowest BCUT2D eigenvalue weighted by Gasteiger charge is -2.17. The maximum Gasteiger partial charge on any atom is 0.317 e. The summed E-state index contributed by atoms with van der Waals surface area (Å²) >= 11 is 0. The highest BCUT2D eigenvalue weighted by Gasteiger charge is 2.12. The SMILES string of the molecule is CCc1ccc(NC(=O)CN(CC)CC(=O)O)cc1. The van der Waals surface area contributed by atoms with Crippen LogP contribution in [0.15, 0.2) is 24.3 Å². The number of benzene rings is 1. The second-order valence-electron chi connectivity index (χ2n) is 4.30. The monoisotopic (exact) mass is 264 g/mol. The fourth-order valence-corrected chi connectivity index (χ4v) is 1.70. The number of aryl methyl sites for hydroxylation is 1. The Balaban J connectivity index is 2.51. The molecule has 5 nitrogen and oxygen atoms in total. The highest BCUT2D eigenvalue weighted by Crippen LogP contribution is 2.09. The number of nitrogens with zero attached hydrogens (tertiary/aromatic N) is 1. The minimum absolute atomic E-state index is 0.0817. The van der Waals surface area contributed by atoms with E-state index in [1.54, 1.807) is 4.90 Å². The number of amides is 1. The van der Waals surface area contributed by atoms with Gasteiger partial charge in [0.2, 0.25) is 5.91 Å². The second kappa shape index (κ2) is 7.53. The Kier molecular flexibility index (Phi) is 6.02. The fraction of sp³-hybridized carbons (Fsp3) is 0.429. The second-order valence-corrected chi connectivity index (χ2v) is 4.30. The predicted molar refractivity (Wildman–Crippen MR) is 74.2 cm³/mol. The van der Waals surface area contributed by atoms with Gasteiger partial charge in [-0.2, -0.15) is 0 Å². The highest BCUT2D eigenvalue weighted by atomic mass is 16.4. The van der Waals surface area contributed by atoms with E-state index in [2.05, 4.69) is 12.2 Å². The van der Waals surface area contributed by atoms with Gasteiger partial charge in [-0.1, -0.05) is 26.0 Å². The first kappa shape index (κ1) is 15.2. The lowest BCUT2D eigenvalue weighted by atomic mass is 10.1. The minimum Gasteiger partial charge on any atom is -0.480 e. The van der Waals surface area contributed by atoms with Crippen molar-refractivity contribution in [2.24, 2.45) is 0 Å². The first-order chi connectivity index (χ1) is 9.05. The topological polar surface area (TPSA) is 69.6 Å². The summed E-state index contributed by atoms with van der Waals surface area (Å²) in [7, 11) is 0. The van der Waals surface area contributed by atoms with E-state index in [9.17, 15) is 9.59 Å². The van der Waals surface area contributed by atoms with Gasteiger partial charge in [-0.3, -0.25) is 14.5 Å². The summed E-state index contributed by atoms with van der Waals surface area (Å²) in [5.41, 5.74) is 1.94. The number of carboxylic acid groups (broad SMARTS) is 1. The largest absolute Gasteiger partial charge is 0.480 e. The Morgan fingerprint density at radius 1 is 1.16 bits per heavy atom. The van der Waals surface area contributed by atoms with Crippen molar-refractivity contribution in [2.75, 3.05) is 25.0 Å². The molecule has 0 heterocycles. The zero-order chi connectivity index (χ0) is 14.3. The number of carbonyl (C=O) groups excluding carboxylic acids is 1. The number of nitrogens with one attached hydrogen (secondary N) is 1. The molecular weight excluding hydrogens is 244 g/mol. The third-order valence-corrected chi connectivity index (χ3v) is 2.82. The fourth-order valence-electron chi connectivity index (χ4n) is 1.70. The van der Waals surface area contributed by atoms with Crippen LogP contribution in [0.1, 0.15) is 19.4 Å². The van der Waals surface area contributed by atoms with Crippen LogP contribution >= 0.6 is 0 Å². The van der Waals surface area contributed by atoms with Gasteiger partial charge >= 0.3 is 5.97 Å². The van der Waals surface area contributed by atoms with Crippen LogP contribution in [0.5, 0.6) is 0 Å². The molecule has 5 heteroatoms. The van der Waals surface area contributed by atoms with Crippen molar-refractivity contribution >= 4 is 17.6 Å². The number of aliphatic carboxylic acids is 1. The molecule has 0 atom stereocenters. The van der Waals surface area contributed by atoms with Crippen LogP contribution in [0.4, 0.5) is 5.69 Å². The quantitative estimate of drug-likeness (QED) is 0.784. The van der Waals surface area contributed by atoms with Crippen LogP contribution in [0, 0.1) is 0 Å². The van der Waals surface area contributed by atoms with Gasteiger partial charge in [-0.25, -0.2) is 0 Å². The third kappa shape index (κ3) is 5.52. The van der Waals surface area contributed by atoms with Crippen molar-refractivity contribution in [3.8, 4) is 0 Å². The number of carboxylic acids is 1. The predicted octanol–water partition coefficient (Wildman–Crippen LogP) is 1.59. The molecule has 0 fully saturated rings. The van der Waals surface area contributed by atoms with Gasteiger partial charge in [-0.15, -0.1) is 0 Å². The van der Waals surface area contributed by atoms with Crippen LogP contribution in [0.3, 0.4) is 0 Å². The summed E-state index contributed by atoms with van der Waals surface area (Å²) < 4.78 is 0. The summed E-state index contributed by atoms with van der Waals surface area (Å²) in [4.78, 5) is 23.9. The first-order valence-corrected chi connectivity index (χ1v) is 6.38. The van der Waals surface area contributed by atoms with E-state index in [0.29, 0.717) is 6.54 Å². The number of hydrogen-bond donors (Lipinski definition) is 2. The van der Waals surface area contributed by atoms with E-state index >= 15 is 0 Å². The molecule has 0 unspecified atom stereocenters. The molecule has 0 aliphatic rings. The number of hydrogen-bond acceptors (Lipinski definition) is 3. The number of anilines is 1. The summed E-state index contributed by atoms with van der Waals surface area (Å²) in [5, 5.41) is 11.5. The van der Waals surface area contributed by atoms with Gasteiger partial charge in [-0.05, 0) is 30.7 Å². The van der Waals surface area contributed by atoms with Gasteiger partial charge in [0.1, 0.15) is 0 Å². The van der Waals surface area contributed by atoms with Crippen molar-refractivity contribution in [3.63, 3.8) is 0 Å². The lowest BCUT2D eigenvalue weighted by molar-refractivity contribution is -0.138. The number of likely N-dealkylation sites (N-methyl/N-ethyl adjacent to an activating group) is 1. The molecular formula is C14H20N2O3. The minimum atomic E-state index is -0.929. The number of rotatable bonds is 7. The smallest absolute Gasteiger partial charge is 0.317 e. The summed E-state index contributed by atoms with van der Waals surface area (Å²) in [5.74, 6) is -1.13. The first-order valence-electron chi connectivity index (χ1n) is 6.38. The summed E-state index contributed by atoms with van der Waals surface area (Å²) in [6.45, 7) is 4.37.